The number of nitrogens with one attached hydrogen (secondary N) is 3. The third-order valence-electron chi connectivity index (χ3n) is 6.95. The van der Waals surface area contributed by atoms with Crippen molar-refractivity contribution in [3.8, 4) is 0 Å². The number of ether oxygens (including phenoxy) is 5. The van der Waals surface area contributed by atoms with Crippen molar-refractivity contribution in [3.63, 3.8) is 0 Å². The fourth-order valence-electron chi connectivity index (χ4n) is 4.39. The number of unbranched alkanes of at least 4 members (excludes halogenated alkanes) is 9. The van der Waals surface area contributed by atoms with Crippen LogP contribution in [0, 0.1) is 0 Å². The second-order valence-electron chi connectivity index (χ2n) is 11.3. The van der Waals surface area contributed by atoms with Crippen molar-refractivity contribution in [2.75, 3.05) is 73.1 Å². The molecule has 0 unspecified atom stereocenters. The highest BCUT2D eigenvalue weighted by Gasteiger charge is 2.22. The lowest BCUT2D eigenvalue weighted by molar-refractivity contribution is -0.145. The number of aliphatic carboxylic acids is 1. The molecule has 4 N–H and O–H groups in total. The largest absolute Gasteiger partial charge is 0.481 e. The molecule has 3 amide bonds. The Hall–Kier alpha value is -3.14. The quantitative estimate of drug-likeness (QED) is 0.0566. The number of carboxylic acids is 1. The molecule has 0 aromatic carbocycles. The van der Waals surface area contributed by atoms with Crippen molar-refractivity contribution in [1.29, 1.82) is 0 Å². The zero-order valence-electron chi connectivity index (χ0n) is 29.0. The van der Waals surface area contributed by atoms with Crippen molar-refractivity contribution >= 4 is 35.4 Å². The standard InChI is InChI=1S/C33H59N3O12/c1-27(37)25-47-23-21-46-20-18-35-31(40)26-48-24-22-45-19-17-34-29(38)16-15-28(33(43)44-2)36-30(39)13-11-9-7-5-3-4-6-8-10-12-14-32(41)42/h28H,3-26H2,1-2H3,(H,34,38)(H,35,40)(H,36,39)(H,41,42)/t28-/m0/s1. The molecule has 15 nitrogen and oxygen atoms in total. The van der Waals surface area contributed by atoms with E-state index in [0.29, 0.717) is 39.2 Å². The van der Waals surface area contributed by atoms with E-state index in [-0.39, 0.29) is 82.3 Å². The van der Waals surface area contributed by atoms with E-state index >= 15 is 0 Å². The number of hydrogen-bond acceptors (Lipinski definition) is 11. The molecule has 0 saturated carbocycles. The molecule has 0 aromatic rings. The van der Waals surface area contributed by atoms with Crippen LogP contribution >= 0.6 is 0 Å². The Labute approximate surface area is 284 Å². The van der Waals surface area contributed by atoms with E-state index in [1.807, 2.05) is 0 Å². The number of carbonyl (C=O) groups is 6. The van der Waals surface area contributed by atoms with Gasteiger partial charge in [0.2, 0.25) is 17.7 Å². The van der Waals surface area contributed by atoms with Gasteiger partial charge in [0.15, 0.2) is 5.78 Å². The fourth-order valence-corrected chi connectivity index (χ4v) is 4.39. The number of carbonyl (C=O) groups excluding carboxylic acids is 5. The summed E-state index contributed by atoms with van der Waals surface area (Å²) in [5.41, 5.74) is 0. The second-order valence-corrected chi connectivity index (χ2v) is 11.3. The third-order valence-corrected chi connectivity index (χ3v) is 6.95. The zero-order valence-corrected chi connectivity index (χ0v) is 29.0. The number of hydrogen-bond donors (Lipinski definition) is 4. The number of ketones is 1. The minimum atomic E-state index is -0.903. The summed E-state index contributed by atoms with van der Waals surface area (Å²) in [5, 5.41) is 16.7. The van der Waals surface area contributed by atoms with Crippen LogP contribution < -0.4 is 16.0 Å². The first-order chi connectivity index (χ1) is 23.1. The SMILES string of the molecule is COC(=O)[C@H](CCC(=O)NCCOCCOCC(=O)NCCOCCOCC(C)=O)NC(=O)CCCCCCCCCCCCC(=O)O. The second kappa shape index (κ2) is 32.4. The fraction of sp³-hybridized carbons (Fsp3) is 0.818. The van der Waals surface area contributed by atoms with E-state index < -0.39 is 18.0 Å². The van der Waals surface area contributed by atoms with Gasteiger partial charge in [0, 0.05) is 32.4 Å². The minimum Gasteiger partial charge on any atom is -0.481 e. The Morgan fingerprint density at radius 1 is 0.562 bits per heavy atom. The maximum atomic E-state index is 12.4. The third kappa shape index (κ3) is 31.5. The van der Waals surface area contributed by atoms with Gasteiger partial charge in [0.05, 0.1) is 46.8 Å². The van der Waals surface area contributed by atoms with E-state index in [1.54, 1.807) is 0 Å². The first-order valence-corrected chi connectivity index (χ1v) is 17.1. The number of rotatable bonds is 34. The number of amides is 3. The molecule has 0 aliphatic carbocycles. The van der Waals surface area contributed by atoms with Gasteiger partial charge in [-0.25, -0.2) is 4.79 Å². The van der Waals surface area contributed by atoms with Crippen molar-refractivity contribution in [3.05, 3.63) is 0 Å². The van der Waals surface area contributed by atoms with Crippen molar-refractivity contribution in [1.82, 2.24) is 16.0 Å². The lowest BCUT2D eigenvalue weighted by atomic mass is 10.0. The van der Waals surface area contributed by atoms with Gasteiger partial charge in [0.1, 0.15) is 19.3 Å². The van der Waals surface area contributed by atoms with Crippen LogP contribution in [0.4, 0.5) is 0 Å². The normalized spacial score (nSPS) is 11.5. The van der Waals surface area contributed by atoms with Crippen molar-refractivity contribution < 1.29 is 57.6 Å². The van der Waals surface area contributed by atoms with Crippen LogP contribution in [0.15, 0.2) is 0 Å². The van der Waals surface area contributed by atoms with Gasteiger partial charge in [-0.1, -0.05) is 51.4 Å². The summed E-state index contributed by atoms with van der Waals surface area (Å²) in [7, 11) is 1.24. The van der Waals surface area contributed by atoms with E-state index in [1.165, 1.54) is 14.0 Å². The van der Waals surface area contributed by atoms with Crippen LogP contribution in [0.2, 0.25) is 0 Å². The Bertz CT molecular complexity index is 903. The molecule has 0 radical (unpaired) electrons. The van der Waals surface area contributed by atoms with E-state index in [2.05, 4.69) is 16.0 Å². The van der Waals surface area contributed by atoms with E-state index in [9.17, 15) is 28.8 Å². The molecule has 0 aliphatic rings. The van der Waals surface area contributed by atoms with Gasteiger partial charge in [-0.05, 0) is 26.2 Å². The summed E-state index contributed by atoms with van der Waals surface area (Å²) in [6.07, 6.45) is 10.6. The number of carboxylic acid groups (broad SMARTS) is 1. The van der Waals surface area contributed by atoms with Gasteiger partial charge >= 0.3 is 11.9 Å². The highest BCUT2D eigenvalue weighted by atomic mass is 16.5. The lowest BCUT2D eigenvalue weighted by Crippen LogP contribution is -2.42. The van der Waals surface area contributed by atoms with Crippen LogP contribution in [0.1, 0.15) is 96.8 Å². The zero-order chi connectivity index (χ0) is 35.7. The summed E-state index contributed by atoms with van der Waals surface area (Å²) >= 11 is 0. The Balaban J connectivity index is 3.79. The molecule has 0 bridgehead atoms. The topological polar surface area (TPSA) is 205 Å². The molecule has 48 heavy (non-hydrogen) atoms. The van der Waals surface area contributed by atoms with Crippen LogP contribution in [-0.4, -0.2) is 120 Å². The number of esters is 1. The van der Waals surface area contributed by atoms with E-state index in [0.717, 1.165) is 57.8 Å². The molecule has 0 fully saturated rings. The van der Waals surface area contributed by atoms with E-state index in [4.69, 9.17) is 28.8 Å². The molecule has 0 aromatic heterocycles. The molecule has 0 aliphatic heterocycles. The highest BCUT2D eigenvalue weighted by Crippen LogP contribution is 2.12. The first kappa shape index (κ1) is 44.9. The molecule has 278 valence electrons. The molecular weight excluding hydrogens is 630 g/mol. The van der Waals surface area contributed by atoms with Crippen molar-refractivity contribution in [2.45, 2.75) is 103 Å². The van der Waals surface area contributed by atoms with Crippen LogP contribution in [-0.2, 0) is 52.5 Å². The smallest absolute Gasteiger partial charge is 0.328 e. The Morgan fingerprint density at radius 2 is 1.04 bits per heavy atom. The molecule has 1 atom stereocenters. The molecule has 0 heterocycles. The summed E-state index contributed by atoms with van der Waals surface area (Å²) in [4.78, 5) is 69.7. The predicted molar refractivity (Wildman–Crippen MR) is 176 cm³/mol. The average molecular weight is 690 g/mol. The van der Waals surface area contributed by atoms with Crippen molar-refractivity contribution in [2.24, 2.45) is 0 Å². The highest BCUT2D eigenvalue weighted by molar-refractivity contribution is 5.85. The Kier molecular flexibility index (Phi) is 30.3. The summed E-state index contributed by atoms with van der Waals surface area (Å²) in [6.45, 7) is 3.57. The van der Waals surface area contributed by atoms with Crippen LogP contribution in [0.25, 0.3) is 0 Å². The molecule has 0 saturated heterocycles. The summed E-state index contributed by atoms with van der Waals surface area (Å²) < 4.78 is 25.8. The van der Waals surface area contributed by atoms with Gasteiger partial charge in [0.25, 0.3) is 0 Å². The molecular formula is C33H59N3O12. The summed E-state index contributed by atoms with van der Waals surface area (Å²) in [5.74, 6) is -2.22. The molecule has 0 rings (SSSR count). The van der Waals surface area contributed by atoms with Crippen LogP contribution in [0.5, 0.6) is 0 Å². The van der Waals surface area contributed by atoms with Gasteiger partial charge in [-0.15, -0.1) is 0 Å². The number of Topliss-reactive ketones (excluding diaryl/α,β-unsaturated/α-hetero) is 1. The summed E-state index contributed by atoms with van der Waals surface area (Å²) in [6, 6.07) is -0.903. The van der Waals surface area contributed by atoms with Gasteiger partial charge < -0.3 is 44.7 Å². The maximum absolute atomic E-state index is 12.4. The average Bonchev–Trinajstić information content (AvgIpc) is 3.05. The monoisotopic (exact) mass is 689 g/mol. The molecule has 15 heteroatoms. The first-order valence-electron chi connectivity index (χ1n) is 17.1. The van der Waals surface area contributed by atoms with Gasteiger partial charge in [-0.3, -0.25) is 24.0 Å². The Morgan fingerprint density at radius 3 is 1.56 bits per heavy atom. The number of methoxy groups -OCH3 is 1. The lowest BCUT2D eigenvalue weighted by Gasteiger charge is -2.16. The minimum absolute atomic E-state index is 0.0243. The predicted octanol–water partition coefficient (Wildman–Crippen LogP) is 2.08. The molecule has 0 spiro atoms. The van der Waals surface area contributed by atoms with Gasteiger partial charge in [-0.2, -0.15) is 0 Å². The maximum Gasteiger partial charge on any atom is 0.328 e. The van der Waals surface area contributed by atoms with Crippen LogP contribution in [0.3, 0.4) is 0 Å².